The Hall–Kier alpha value is -1.09. The van der Waals surface area contributed by atoms with Crippen LogP contribution in [0.25, 0.3) is 17.2 Å². The normalized spacial score (nSPS) is 9.93. The van der Waals surface area contributed by atoms with Crippen LogP contribution in [-0.4, -0.2) is 0 Å². The second-order valence-electron chi connectivity index (χ2n) is 3.33. The Morgan fingerprint density at radius 1 is 0.800 bits per heavy atom. The van der Waals surface area contributed by atoms with Crippen molar-refractivity contribution < 1.29 is 0 Å². The zero-order chi connectivity index (χ0) is 10.7. The third-order valence-electron chi connectivity index (χ3n) is 2.32. The van der Waals surface area contributed by atoms with Crippen LogP contribution in [0, 0.1) is 3.57 Å². The van der Waals surface area contributed by atoms with Gasteiger partial charge in [0.05, 0.1) is 0 Å². The molecular weight excluding hydrogens is 295 g/mol. The molecule has 0 atom stereocenters. The maximum absolute atomic E-state index is 3.74. The Bertz CT molecular complexity index is 452. The first-order valence-corrected chi connectivity index (χ1v) is 5.86. The van der Waals surface area contributed by atoms with E-state index in [2.05, 4.69) is 77.7 Å². The van der Waals surface area contributed by atoms with Gasteiger partial charge in [-0.15, -0.1) is 0 Å². The van der Waals surface area contributed by atoms with Crippen molar-refractivity contribution in [2.24, 2.45) is 0 Å². The molecule has 15 heavy (non-hydrogen) atoms. The van der Waals surface area contributed by atoms with Gasteiger partial charge in [0.25, 0.3) is 0 Å². The molecule has 0 radical (unpaired) electrons. The summed E-state index contributed by atoms with van der Waals surface area (Å²) in [5.41, 5.74) is 3.66. The number of hydrogen-bond acceptors (Lipinski definition) is 0. The van der Waals surface area contributed by atoms with E-state index in [4.69, 9.17) is 0 Å². The summed E-state index contributed by atoms with van der Waals surface area (Å²) in [6, 6.07) is 16.9. The topological polar surface area (TPSA) is 0 Å². The Morgan fingerprint density at radius 3 is 1.73 bits per heavy atom. The summed E-state index contributed by atoms with van der Waals surface area (Å²) in [6.45, 7) is 3.74. The van der Waals surface area contributed by atoms with E-state index in [1.165, 1.54) is 14.7 Å². The fourth-order valence-electron chi connectivity index (χ4n) is 1.45. The van der Waals surface area contributed by atoms with Crippen LogP contribution in [0.2, 0.25) is 0 Å². The molecule has 0 aliphatic rings. The van der Waals surface area contributed by atoms with E-state index >= 15 is 0 Å². The molecule has 2 aromatic rings. The smallest absolute Gasteiger partial charge is 0.0130 e. The van der Waals surface area contributed by atoms with E-state index in [0.29, 0.717) is 0 Å². The second kappa shape index (κ2) is 4.62. The van der Waals surface area contributed by atoms with Crippen molar-refractivity contribution in [1.82, 2.24) is 0 Å². The molecule has 0 unspecified atom stereocenters. The van der Waals surface area contributed by atoms with Gasteiger partial charge < -0.3 is 0 Å². The summed E-state index contributed by atoms with van der Waals surface area (Å²) in [5, 5.41) is 0. The molecular formula is C14H11I. The van der Waals surface area contributed by atoms with Crippen molar-refractivity contribution in [3.63, 3.8) is 0 Å². The van der Waals surface area contributed by atoms with Crippen LogP contribution >= 0.6 is 22.6 Å². The minimum Gasteiger partial charge on any atom is -0.0985 e. The first-order chi connectivity index (χ1) is 7.29. The van der Waals surface area contributed by atoms with Crippen molar-refractivity contribution in [3.8, 4) is 11.1 Å². The van der Waals surface area contributed by atoms with Gasteiger partial charge >= 0.3 is 0 Å². The highest BCUT2D eigenvalue weighted by atomic mass is 127. The predicted molar refractivity (Wildman–Crippen MR) is 74.7 cm³/mol. The molecule has 1 heteroatoms. The van der Waals surface area contributed by atoms with E-state index in [1.54, 1.807) is 0 Å². The largest absolute Gasteiger partial charge is 0.0985 e. The minimum atomic E-state index is 1.16. The number of benzene rings is 2. The van der Waals surface area contributed by atoms with E-state index < -0.39 is 0 Å². The zero-order valence-corrected chi connectivity index (χ0v) is 10.4. The van der Waals surface area contributed by atoms with Crippen molar-refractivity contribution in [1.29, 1.82) is 0 Å². The lowest BCUT2D eigenvalue weighted by molar-refractivity contribution is 1.58. The Labute approximate surface area is 104 Å². The molecule has 0 spiro atoms. The first-order valence-electron chi connectivity index (χ1n) is 4.78. The second-order valence-corrected chi connectivity index (χ2v) is 4.58. The molecule has 0 saturated heterocycles. The zero-order valence-electron chi connectivity index (χ0n) is 8.28. The third-order valence-corrected chi connectivity index (χ3v) is 3.04. The first kappa shape index (κ1) is 10.4. The molecule has 2 aromatic carbocycles. The summed E-state index contributed by atoms with van der Waals surface area (Å²) < 4.78 is 1.26. The lowest BCUT2D eigenvalue weighted by Gasteiger charge is -2.02. The van der Waals surface area contributed by atoms with E-state index in [0.717, 1.165) is 5.56 Å². The molecule has 0 aliphatic carbocycles. The third kappa shape index (κ3) is 2.48. The van der Waals surface area contributed by atoms with Crippen LogP contribution in [0.15, 0.2) is 55.1 Å². The fourth-order valence-corrected chi connectivity index (χ4v) is 1.81. The summed E-state index contributed by atoms with van der Waals surface area (Å²) in [4.78, 5) is 0. The lowest BCUT2D eigenvalue weighted by atomic mass is 10.0. The van der Waals surface area contributed by atoms with Gasteiger partial charge in [-0.1, -0.05) is 49.1 Å². The standard InChI is InChI=1S/C14H11I/c1-2-11-3-5-12(6-4-11)13-7-9-14(15)10-8-13/h2-10H,1H2. The summed E-state index contributed by atoms with van der Waals surface area (Å²) in [5.74, 6) is 0. The van der Waals surface area contributed by atoms with Crippen LogP contribution in [0.4, 0.5) is 0 Å². The monoisotopic (exact) mass is 306 g/mol. The van der Waals surface area contributed by atoms with Gasteiger partial charge in [-0.2, -0.15) is 0 Å². The van der Waals surface area contributed by atoms with Gasteiger partial charge in [-0.3, -0.25) is 0 Å². The molecule has 0 fully saturated rings. The van der Waals surface area contributed by atoms with Crippen molar-refractivity contribution >= 4 is 28.7 Å². The van der Waals surface area contributed by atoms with E-state index in [1.807, 2.05) is 6.08 Å². The fraction of sp³-hybridized carbons (Fsp3) is 0. The van der Waals surface area contributed by atoms with Gasteiger partial charge in [0.15, 0.2) is 0 Å². The number of rotatable bonds is 2. The average molecular weight is 306 g/mol. The molecule has 0 N–H and O–H groups in total. The number of hydrogen-bond donors (Lipinski definition) is 0. The van der Waals surface area contributed by atoms with Gasteiger partial charge in [0, 0.05) is 3.57 Å². The van der Waals surface area contributed by atoms with Crippen molar-refractivity contribution in [2.45, 2.75) is 0 Å². The lowest BCUT2D eigenvalue weighted by Crippen LogP contribution is -1.78. The van der Waals surface area contributed by atoms with Gasteiger partial charge in [0.2, 0.25) is 0 Å². The molecule has 0 amide bonds. The average Bonchev–Trinajstić information content (AvgIpc) is 2.30. The molecule has 0 saturated carbocycles. The van der Waals surface area contributed by atoms with Gasteiger partial charge in [-0.25, -0.2) is 0 Å². The quantitative estimate of drug-likeness (QED) is 0.711. The Kier molecular flexibility index (Phi) is 3.21. The van der Waals surface area contributed by atoms with E-state index in [9.17, 15) is 0 Å². The Morgan fingerprint density at radius 2 is 1.27 bits per heavy atom. The minimum absolute atomic E-state index is 1.16. The number of halogens is 1. The van der Waals surface area contributed by atoms with Gasteiger partial charge in [-0.05, 0) is 51.4 Å². The molecule has 0 aliphatic heterocycles. The molecule has 0 bridgehead atoms. The maximum atomic E-state index is 3.74. The molecule has 2 rings (SSSR count). The SMILES string of the molecule is C=Cc1ccc(-c2ccc(I)cc2)cc1. The van der Waals surface area contributed by atoms with Crippen LogP contribution in [-0.2, 0) is 0 Å². The predicted octanol–water partition coefficient (Wildman–Crippen LogP) is 4.60. The van der Waals surface area contributed by atoms with Gasteiger partial charge in [0.1, 0.15) is 0 Å². The summed E-state index contributed by atoms with van der Waals surface area (Å²) in [7, 11) is 0. The van der Waals surface area contributed by atoms with Crippen LogP contribution in [0.3, 0.4) is 0 Å². The molecule has 0 nitrogen and oxygen atoms in total. The Balaban J connectivity index is 2.37. The highest BCUT2D eigenvalue weighted by Gasteiger charge is 1.96. The summed E-state index contributed by atoms with van der Waals surface area (Å²) in [6.07, 6.45) is 1.86. The summed E-state index contributed by atoms with van der Waals surface area (Å²) >= 11 is 2.31. The highest BCUT2D eigenvalue weighted by Crippen LogP contribution is 2.21. The van der Waals surface area contributed by atoms with Crippen LogP contribution in [0.1, 0.15) is 5.56 Å². The molecule has 74 valence electrons. The molecule has 0 heterocycles. The van der Waals surface area contributed by atoms with Crippen LogP contribution < -0.4 is 0 Å². The highest BCUT2D eigenvalue weighted by molar-refractivity contribution is 14.1. The van der Waals surface area contributed by atoms with E-state index in [-0.39, 0.29) is 0 Å². The molecule has 0 aromatic heterocycles. The maximum Gasteiger partial charge on any atom is 0.0130 e. The van der Waals surface area contributed by atoms with Crippen molar-refractivity contribution in [2.75, 3.05) is 0 Å². The van der Waals surface area contributed by atoms with Crippen molar-refractivity contribution in [3.05, 3.63) is 64.2 Å². The van der Waals surface area contributed by atoms with Crippen LogP contribution in [0.5, 0.6) is 0 Å².